The van der Waals surface area contributed by atoms with Crippen LogP contribution in [-0.4, -0.2) is 20.1 Å². The van der Waals surface area contributed by atoms with Crippen molar-refractivity contribution in [3.8, 4) is 11.5 Å². The van der Waals surface area contributed by atoms with Crippen LogP contribution in [0, 0.1) is 0 Å². The Bertz CT molecular complexity index is 665. The fraction of sp³-hybridized carbons (Fsp3) is 0.278. The van der Waals surface area contributed by atoms with E-state index >= 15 is 0 Å². The number of carbonyl (C=O) groups is 1. The van der Waals surface area contributed by atoms with Crippen molar-refractivity contribution in [3.05, 3.63) is 59.7 Å². The molecule has 0 aliphatic rings. The summed E-state index contributed by atoms with van der Waals surface area (Å²) < 4.78 is 10.5. The third-order valence-electron chi connectivity index (χ3n) is 3.71. The molecule has 0 spiro atoms. The van der Waals surface area contributed by atoms with Gasteiger partial charge in [-0.25, -0.2) is 0 Å². The van der Waals surface area contributed by atoms with Gasteiger partial charge in [0.25, 0.3) is 0 Å². The van der Waals surface area contributed by atoms with Gasteiger partial charge >= 0.3 is 0 Å². The molecular weight excluding hydrogens is 328 g/mol. The first-order chi connectivity index (χ1) is 11.1. The summed E-state index contributed by atoms with van der Waals surface area (Å²) in [5, 5.41) is 2.92. The van der Waals surface area contributed by atoms with E-state index < -0.39 is 6.04 Å². The molecule has 0 aliphatic heterocycles. The first-order valence-corrected chi connectivity index (χ1v) is 7.39. The van der Waals surface area contributed by atoms with E-state index in [1.807, 2.05) is 55.5 Å². The molecule has 0 saturated heterocycles. The molecule has 6 heteroatoms. The lowest BCUT2D eigenvalue weighted by atomic mass is 10.0. The lowest BCUT2D eigenvalue weighted by Gasteiger charge is -2.19. The number of rotatable bonds is 6. The number of hydrogen-bond donors (Lipinski definition) is 2. The van der Waals surface area contributed by atoms with Gasteiger partial charge in [0.2, 0.25) is 5.91 Å². The van der Waals surface area contributed by atoms with Gasteiger partial charge in [0, 0.05) is 0 Å². The second-order valence-electron chi connectivity index (χ2n) is 5.23. The smallest absolute Gasteiger partial charge is 0.241 e. The minimum Gasteiger partial charge on any atom is -0.493 e. The maximum atomic E-state index is 12.3. The zero-order chi connectivity index (χ0) is 16.8. The molecule has 130 valence electrons. The normalized spacial score (nSPS) is 12.5. The van der Waals surface area contributed by atoms with Crippen LogP contribution in [0.25, 0.3) is 0 Å². The quantitative estimate of drug-likeness (QED) is 0.840. The average molecular weight is 351 g/mol. The number of halogens is 1. The summed E-state index contributed by atoms with van der Waals surface area (Å²) >= 11 is 0. The van der Waals surface area contributed by atoms with Gasteiger partial charge in [-0.05, 0) is 30.2 Å². The Morgan fingerprint density at radius 2 is 1.62 bits per heavy atom. The molecule has 24 heavy (non-hydrogen) atoms. The van der Waals surface area contributed by atoms with E-state index in [0.717, 1.165) is 11.1 Å². The molecule has 0 bridgehead atoms. The number of ether oxygens (including phenoxy) is 2. The highest BCUT2D eigenvalue weighted by Gasteiger charge is 2.19. The molecule has 0 heterocycles. The van der Waals surface area contributed by atoms with Gasteiger partial charge in [0.1, 0.15) is 6.04 Å². The van der Waals surface area contributed by atoms with E-state index in [4.69, 9.17) is 15.2 Å². The third-order valence-corrected chi connectivity index (χ3v) is 3.71. The summed E-state index contributed by atoms with van der Waals surface area (Å²) in [5.74, 6) is 1.05. The molecule has 2 aromatic carbocycles. The zero-order valence-electron chi connectivity index (χ0n) is 14.0. The first-order valence-electron chi connectivity index (χ1n) is 7.39. The minimum atomic E-state index is -0.696. The Labute approximate surface area is 148 Å². The van der Waals surface area contributed by atoms with Crippen molar-refractivity contribution in [1.29, 1.82) is 0 Å². The monoisotopic (exact) mass is 350 g/mol. The highest BCUT2D eigenvalue weighted by molar-refractivity contribution is 5.85. The van der Waals surface area contributed by atoms with Crippen LogP contribution in [0.2, 0.25) is 0 Å². The molecule has 0 radical (unpaired) electrons. The molecule has 2 atom stereocenters. The molecule has 5 nitrogen and oxygen atoms in total. The number of amides is 1. The van der Waals surface area contributed by atoms with Crippen LogP contribution < -0.4 is 20.5 Å². The topological polar surface area (TPSA) is 73.6 Å². The Morgan fingerprint density at radius 3 is 2.21 bits per heavy atom. The Hall–Kier alpha value is -2.24. The molecular formula is C18H23ClN2O3. The maximum Gasteiger partial charge on any atom is 0.241 e. The van der Waals surface area contributed by atoms with Crippen molar-refractivity contribution in [2.75, 3.05) is 14.2 Å². The van der Waals surface area contributed by atoms with Gasteiger partial charge in [0.15, 0.2) is 11.5 Å². The van der Waals surface area contributed by atoms with Gasteiger partial charge in [-0.2, -0.15) is 0 Å². The summed E-state index contributed by atoms with van der Waals surface area (Å²) in [6.45, 7) is 1.90. The van der Waals surface area contributed by atoms with Crippen molar-refractivity contribution in [2.24, 2.45) is 5.73 Å². The van der Waals surface area contributed by atoms with Crippen LogP contribution >= 0.6 is 12.4 Å². The van der Waals surface area contributed by atoms with Gasteiger partial charge in [-0.1, -0.05) is 36.4 Å². The first kappa shape index (κ1) is 19.8. The fourth-order valence-electron chi connectivity index (χ4n) is 2.32. The van der Waals surface area contributed by atoms with Crippen molar-refractivity contribution in [1.82, 2.24) is 5.32 Å². The molecule has 0 aliphatic carbocycles. The Balaban J connectivity index is 0.00000288. The van der Waals surface area contributed by atoms with E-state index in [1.54, 1.807) is 14.2 Å². The lowest BCUT2D eigenvalue weighted by Crippen LogP contribution is -2.35. The van der Waals surface area contributed by atoms with Gasteiger partial charge < -0.3 is 20.5 Å². The summed E-state index contributed by atoms with van der Waals surface area (Å²) in [4.78, 5) is 12.3. The summed E-state index contributed by atoms with van der Waals surface area (Å²) in [6, 6.07) is 13.9. The minimum absolute atomic E-state index is 0. The van der Waals surface area contributed by atoms with Gasteiger partial charge in [0.05, 0.1) is 20.3 Å². The van der Waals surface area contributed by atoms with Crippen LogP contribution in [0.15, 0.2) is 48.5 Å². The van der Waals surface area contributed by atoms with E-state index in [9.17, 15) is 4.79 Å². The third kappa shape index (κ3) is 4.63. The largest absolute Gasteiger partial charge is 0.493 e. The number of benzene rings is 2. The summed E-state index contributed by atoms with van der Waals surface area (Å²) in [5.41, 5.74) is 7.71. The van der Waals surface area contributed by atoms with Crippen LogP contribution in [-0.2, 0) is 4.79 Å². The van der Waals surface area contributed by atoms with E-state index in [1.165, 1.54) is 0 Å². The standard InChI is InChI=1S/C18H22N2O3.ClH/c1-12(14-9-10-15(22-2)16(11-14)23-3)20-18(21)17(19)13-7-5-4-6-8-13;/h4-12,17H,19H2,1-3H3,(H,20,21);1H. The second kappa shape index (κ2) is 9.15. The molecule has 2 rings (SSSR count). The van der Waals surface area contributed by atoms with Crippen LogP contribution in [0.4, 0.5) is 0 Å². The lowest BCUT2D eigenvalue weighted by molar-refractivity contribution is -0.123. The Morgan fingerprint density at radius 1 is 1.00 bits per heavy atom. The average Bonchev–Trinajstić information content (AvgIpc) is 2.60. The highest BCUT2D eigenvalue weighted by Crippen LogP contribution is 2.30. The van der Waals surface area contributed by atoms with Gasteiger partial charge in [-0.3, -0.25) is 4.79 Å². The number of hydrogen-bond acceptors (Lipinski definition) is 4. The zero-order valence-corrected chi connectivity index (χ0v) is 14.8. The van der Waals surface area contributed by atoms with E-state index in [2.05, 4.69) is 5.32 Å². The van der Waals surface area contributed by atoms with E-state index in [0.29, 0.717) is 11.5 Å². The molecule has 2 unspecified atom stereocenters. The van der Waals surface area contributed by atoms with Gasteiger partial charge in [-0.15, -0.1) is 12.4 Å². The van der Waals surface area contributed by atoms with Crippen LogP contribution in [0.1, 0.15) is 30.1 Å². The Kier molecular flexibility index (Phi) is 7.55. The predicted octanol–water partition coefficient (Wildman–Crippen LogP) is 3.00. The number of methoxy groups -OCH3 is 2. The van der Waals surface area contributed by atoms with Crippen molar-refractivity contribution < 1.29 is 14.3 Å². The maximum absolute atomic E-state index is 12.3. The number of carbonyl (C=O) groups excluding carboxylic acids is 1. The molecule has 3 N–H and O–H groups in total. The predicted molar refractivity (Wildman–Crippen MR) is 96.7 cm³/mol. The molecule has 0 saturated carbocycles. The second-order valence-corrected chi connectivity index (χ2v) is 5.23. The highest BCUT2D eigenvalue weighted by atomic mass is 35.5. The summed E-state index contributed by atoms with van der Waals surface area (Å²) in [7, 11) is 3.16. The molecule has 2 aromatic rings. The number of nitrogens with two attached hydrogens (primary N) is 1. The SMILES string of the molecule is COc1ccc(C(C)NC(=O)C(N)c2ccccc2)cc1OC.Cl. The number of nitrogens with one attached hydrogen (secondary N) is 1. The molecule has 1 amide bonds. The van der Waals surface area contributed by atoms with Crippen molar-refractivity contribution in [3.63, 3.8) is 0 Å². The molecule has 0 fully saturated rings. The van der Waals surface area contributed by atoms with Crippen LogP contribution in [0.3, 0.4) is 0 Å². The summed E-state index contributed by atoms with van der Waals surface area (Å²) in [6.07, 6.45) is 0. The van der Waals surface area contributed by atoms with Crippen molar-refractivity contribution >= 4 is 18.3 Å². The fourth-order valence-corrected chi connectivity index (χ4v) is 2.32. The van der Waals surface area contributed by atoms with Crippen LogP contribution in [0.5, 0.6) is 11.5 Å². The van der Waals surface area contributed by atoms with Crippen molar-refractivity contribution in [2.45, 2.75) is 19.0 Å². The van der Waals surface area contributed by atoms with E-state index in [-0.39, 0.29) is 24.4 Å². The molecule has 0 aromatic heterocycles.